The Morgan fingerprint density at radius 1 is 1.18 bits per heavy atom. The Morgan fingerprint density at radius 2 is 1.82 bits per heavy atom. The molecule has 1 amide bonds. The van der Waals surface area contributed by atoms with Crippen LogP contribution in [0.5, 0.6) is 0 Å². The van der Waals surface area contributed by atoms with E-state index in [1.807, 2.05) is 32.9 Å². The Kier molecular flexibility index (Phi) is 6.78. The number of nitrogens with zero attached hydrogens (tertiary/aromatic N) is 4. The van der Waals surface area contributed by atoms with E-state index in [1.54, 1.807) is 4.90 Å². The van der Waals surface area contributed by atoms with Crippen LogP contribution in [0, 0.1) is 6.92 Å². The molecule has 0 spiro atoms. The number of rotatable bonds is 6. The van der Waals surface area contributed by atoms with Crippen LogP contribution in [-0.4, -0.2) is 72.1 Å². The summed E-state index contributed by atoms with van der Waals surface area (Å²) in [6.45, 7) is 7.70. The Labute approximate surface area is 178 Å². The molecule has 0 aliphatic carbocycles. The molecule has 7 nitrogen and oxygen atoms in total. The Balaban J connectivity index is 1.70. The number of carbonyl (C=O) groups excluding carboxylic acids is 1. The maximum absolute atomic E-state index is 13.0. The molecule has 0 bridgehead atoms. The molecule has 0 aromatic carbocycles. The average Bonchev–Trinajstić information content (AvgIpc) is 3.27. The van der Waals surface area contributed by atoms with Gasteiger partial charge in [-0.25, -0.2) is 4.98 Å². The number of aromatic nitrogens is 1. The van der Waals surface area contributed by atoms with Gasteiger partial charge in [-0.1, -0.05) is 25.4 Å². The SMILES string of the molecule is CCN(CC)S(=O)(=O)N1CCN(C(=O)c2sc(-c3ccc(Cl)s3)nc2C)CC1. The molecule has 1 aliphatic rings. The minimum atomic E-state index is -3.47. The monoisotopic (exact) mass is 462 g/mol. The van der Waals surface area contributed by atoms with Gasteiger partial charge in [-0.2, -0.15) is 17.0 Å². The number of piperazine rings is 1. The normalized spacial score (nSPS) is 16.1. The zero-order chi connectivity index (χ0) is 20.5. The molecule has 0 unspecified atom stereocenters. The van der Waals surface area contributed by atoms with E-state index >= 15 is 0 Å². The van der Waals surface area contributed by atoms with Gasteiger partial charge in [0.2, 0.25) is 0 Å². The zero-order valence-electron chi connectivity index (χ0n) is 16.0. The van der Waals surface area contributed by atoms with Crippen molar-refractivity contribution >= 4 is 50.4 Å². The highest BCUT2D eigenvalue weighted by Gasteiger charge is 2.33. The first-order valence-corrected chi connectivity index (χ1v) is 12.5. The quantitative estimate of drug-likeness (QED) is 0.660. The fraction of sp³-hybridized carbons (Fsp3) is 0.529. The molecule has 0 N–H and O–H groups in total. The summed E-state index contributed by atoms with van der Waals surface area (Å²) >= 11 is 8.78. The predicted molar refractivity (Wildman–Crippen MR) is 114 cm³/mol. The highest BCUT2D eigenvalue weighted by molar-refractivity contribution is 7.86. The van der Waals surface area contributed by atoms with Crippen molar-refractivity contribution in [2.45, 2.75) is 20.8 Å². The van der Waals surface area contributed by atoms with Crippen LogP contribution in [-0.2, 0) is 10.2 Å². The number of hydrogen-bond acceptors (Lipinski definition) is 6. The summed E-state index contributed by atoms with van der Waals surface area (Å²) in [5, 5.41) is 0.778. The highest BCUT2D eigenvalue weighted by atomic mass is 35.5. The smallest absolute Gasteiger partial charge is 0.282 e. The standard InChI is InChI=1S/C17H23ClN4O3S3/c1-4-21(5-2)28(24,25)22-10-8-20(9-11-22)17(23)15-12(3)19-16(27-15)13-6-7-14(18)26-13/h6-7H,4-5,8-11H2,1-3H3. The lowest BCUT2D eigenvalue weighted by atomic mass is 10.3. The van der Waals surface area contributed by atoms with Crippen LogP contribution in [0.25, 0.3) is 9.88 Å². The van der Waals surface area contributed by atoms with Gasteiger partial charge in [0, 0.05) is 39.3 Å². The second-order valence-corrected chi connectivity index (χ2v) is 11.0. The topological polar surface area (TPSA) is 73.8 Å². The lowest BCUT2D eigenvalue weighted by Crippen LogP contribution is -2.54. The molecule has 28 heavy (non-hydrogen) atoms. The second kappa shape index (κ2) is 8.76. The second-order valence-electron chi connectivity index (χ2n) is 6.32. The van der Waals surface area contributed by atoms with Crippen molar-refractivity contribution in [3.05, 3.63) is 27.0 Å². The first-order chi connectivity index (χ1) is 13.3. The van der Waals surface area contributed by atoms with Gasteiger partial charge in [0.25, 0.3) is 16.1 Å². The molecular formula is C17H23ClN4O3S3. The van der Waals surface area contributed by atoms with Crippen molar-refractivity contribution in [2.75, 3.05) is 39.3 Å². The van der Waals surface area contributed by atoms with Crippen LogP contribution in [0.4, 0.5) is 0 Å². The molecule has 2 aromatic rings. The maximum atomic E-state index is 13.0. The Morgan fingerprint density at radius 3 is 2.36 bits per heavy atom. The number of hydrogen-bond donors (Lipinski definition) is 0. The number of halogens is 1. The molecule has 11 heteroatoms. The minimum Gasteiger partial charge on any atom is -0.335 e. The summed E-state index contributed by atoms with van der Waals surface area (Å²) < 4.78 is 28.9. The van der Waals surface area contributed by atoms with Crippen LogP contribution in [0.3, 0.4) is 0 Å². The van der Waals surface area contributed by atoms with E-state index in [1.165, 1.54) is 31.3 Å². The van der Waals surface area contributed by atoms with Crippen LogP contribution < -0.4 is 0 Å². The molecule has 1 saturated heterocycles. The number of aryl methyl sites for hydroxylation is 1. The maximum Gasteiger partial charge on any atom is 0.282 e. The summed E-state index contributed by atoms with van der Waals surface area (Å²) in [5.41, 5.74) is 0.688. The fourth-order valence-corrected chi connectivity index (χ4v) is 6.84. The van der Waals surface area contributed by atoms with E-state index < -0.39 is 10.2 Å². The molecule has 154 valence electrons. The van der Waals surface area contributed by atoms with Crippen molar-refractivity contribution in [2.24, 2.45) is 0 Å². The average molecular weight is 463 g/mol. The molecule has 0 atom stereocenters. The third-order valence-electron chi connectivity index (χ3n) is 4.66. The molecular weight excluding hydrogens is 440 g/mol. The van der Waals surface area contributed by atoms with Gasteiger partial charge in [-0.3, -0.25) is 4.79 Å². The third-order valence-corrected chi connectivity index (χ3v) is 9.39. The molecule has 1 aliphatic heterocycles. The minimum absolute atomic E-state index is 0.0937. The Hall–Kier alpha value is -1.04. The largest absolute Gasteiger partial charge is 0.335 e. The summed E-state index contributed by atoms with van der Waals surface area (Å²) in [6, 6.07) is 3.71. The molecule has 1 fully saturated rings. The lowest BCUT2D eigenvalue weighted by Gasteiger charge is -2.36. The third kappa shape index (κ3) is 4.27. The zero-order valence-corrected chi connectivity index (χ0v) is 19.2. The van der Waals surface area contributed by atoms with Crippen molar-refractivity contribution in [1.29, 1.82) is 0 Å². The van der Waals surface area contributed by atoms with Gasteiger partial charge in [-0.15, -0.1) is 22.7 Å². The van der Waals surface area contributed by atoms with Crippen LogP contribution in [0.2, 0.25) is 4.34 Å². The Bertz CT molecular complexity index is 945. The number of carbonyl (C=O) groups is 1. The van der Waals surface area contributed by atoms with Crippen LogP contribution in [0.1, 0.15) is 29.2 Å². The summed E-state index contributed by atoms with van der Waals surface area (Å²) in [4.78, 5) is 20.7. The first kappa shape index (κ1) is 21.7. The van der Waals surface area contributed by atoms with E-state index in [0.717, 1.165) is 9.88 Å². The lowest BCUT2D eigenvalue weighted by molar-refractivity contribution is 0.0698. The van der Waals surface area contributed by atoms with Gasteiger partial charge in [0.15, 0.2) is 0 Å². The van der Waals surface area contributed by atoms with Gasteiger partial charge in [0.1, 0.15) is 9.88 Å². The highest BCUT2D eigenvalue weighted by Crippen LogP contribution is 2.35. The van der Waals surface area contributed by atoms with E-state index in [-0.39, 0.29) is 5.91 Å². The van der Waals surface area contributed by atoms with Crippen LogP contribution in [0.15, 0.2) is 12.1 Å². The molecule has 3 heterocycles. The van der Waals surface area contributed by atoms with Gasteiger partial charge in [0.05, 0.1) is 14.9 Å². The van der Waals surface area contributed by atoms with Gasteiger partial charge in [-0.05, 0) is 19.1 Å². The van der Waals surface area contributed by atoms with E-state index in [4.69, 9.17) is 11.6 Å². The van der Waals surface area contributed by atoms with Crippen molar-refractivity contribution in [3.8, 4) is 9.88 Å². The van der Waals surface area contributed by atoms with Crippen molar-refractivity contribution in [1.82, 2.24) is 18.5 Å². The number of thiazole rings is 1. The first-order valence-electron chi connectivity index (χ1n) is 9.05. The summed E-state index contributed by atoms with van der Waals surface area (Å²) in [6.07, 6.45) is 0. The fourth-order valence-electron chi connectivity index (χ4n) is 3.11. The molecule has 2 aromatic heterocycles. The van der Waals surface area contributed by atoms with Gasteiger partial charge < -0.3 is 4.90 Å². The van der Waals surface area contributed by atoms with Crippen LogP contribution >= 0.6 is 34.3 Å². The van der Waals surface area contributed by atoms with Crippen molar-refractivity contribution in [3.63, 3.8) is 0 Å². The van der Waals surface area contributed by atoms with Gasteiger partial charge >= 0.3 is 0 Å². The molecule has 0 saturated carbocycles. The molecule has 0 radical (unpaired) electrons. The number of thiophene rings is 1. The van der Waals surface area contributed by atoms with E-state index in [0.29, 0.717) is 54.2 Å². The summed E-state index contributed by atoms with van der Waals surface area (Å²) in [7, 11) is -3.47. The van der Waals surface area contributed by atoms with Crippen molar-refractivity contribution < 1.29 is 13.2 Å². The van der Waals surface area contributed by atoms with E-state index in [2.05, 4.69) is 4.98 Å². The number of amides is 1. The summed E-state index contributed by atoms with van der Waals surface area (Å²) in [5.74, 6) is -0.0937. The van der Waals surface area contributed by atoms with E-state index in [9.17, 15) is 13.2 Å². The predicted octanol–water partition coefficient (Wildman–Crippen LogP) is 3.18. The molecule has 3 rings (SSSR count).